The van der Waals surface area contributed by atoms with Crippen molar-refractivity contribution in [2.24, 2.45) is 0 Å². The number of rotatable bonds is 3. The van der Waals surface area contributed by atoms with E-state index >= 15 is 0 Å². The second kappa shape index (κ2) is 7.00. The number of amides is 2. The van der Waals surface area contributed by atoms with Gasteiger partial charge in [0.05, 0.1) is 6.54 Å². The Morgan fingerprint density at radius 2 is 2.00 bits per heavy atom. The zero-order valence-corrected chi connectivity index (χ0v) is 14.4. The van der Waals surface area contributed by atoms with Gasteiger partial charge in [-0.1, -0.05) is 22.9 Å². The number of aromatic nitrogens is 2. The van der Waals surface area contributed by atoms with Crippen molar-refractivity contribution in [3.63, 3.8) is 0 Å². The van der Waals surface area contributed by atoms with Crippen LogP contribution >= 0.6 is 0 Å². The summed E-state index contributed by atoms with van der Waals surface area (Å²) in [6, 6.07) is 8.08. The maximum atomic E-state index is 11.9. The molecule has 0 N–H and O–H groups in total. The third-order valence-electron chi connectivity index (χ3n) is 4.12. The van der Waals surface area contributed by atoms with Crippen LogP contribution < -0.4 is 0 Å². The molecule has 0 radical (unpaired) electrons. The number of carbonyl (C=O) groups is 1. The van der Waals surface area contributed by atoms with Crippen LogP contribution in [0.5, 0.6) is 0 Å². The predicted octanol–water partition coefficient (Wildman–Crippen LogP) is 1.84. The molecule has 7 nitrogen and oxygen atoms in total. The summed E-state index contributed by atoms with van der Waals surface area (Å²) in [5, 5.41) is 4.08. The van der Waals surface area contributed by atoms with E-state index in [0.717, 1.165) is 37.3 Å². The van der Waals surface area contributed by atoms with Crippen molar-refractivity contribution in [1.29, 1.82) is 0 Å². The molecule has 3 rings (SSSR count). The highest BCUT2D eigenvalue weighted by Crippen LogP contribution is 2.19. The molecule has 1 fully saturated rings. The highest BCUT2D eigenvalue weighted by Gasteiger charge is 2.23. The van der Waals surface area contributed by atoms with Gasteiger partial charge in [0.2, 0.25) is 0 Å². The number of nitrogens with zero attached hydrogens (tertiary/aromatic N) is 5. The van der Waals surface area contributed by atoms with E-state index in [-0.39, 0.29) is 6.03 Å². The summed E-state index contributed by atoms with van der Waals surface area (Å²) in [6.07, 6.45) is 0. The molecule has 1 aliphatic heterocycles. The van der Waals surface area contributed by atoms with Gasteiger partial charge in [-0.25, -0.2) is 4.79 Å². The number of carbonyl (C=O) groups excluding carboxylic acids is 1. The molecule has 0 spiro atoms. The molecular weight excluding hydrogens is 306 g/mol. The number of hydrogen-bond acceptors (Lipinski definition) is 5. The Hall–Kier alpha value is -2.41. The van der Waals surface area contributed by atoms with E-state index in [2.05, 4.69) is 15.0 Å². The fourth-order valence-electron chi connectivity index (χ4n) is 2.79. The van der Waals surface area contributed by atoms with Crippen LogP contribution in [0.4, 0.5) is 4.79 Å². The lowest BCUT2D eigenvalue weighted by Crippen LogP contribution is -2.51. The molecule has 0 saturated carbocycles. The van der Waals surface area contributed by atoms with Gasteiger partial charge < -0.3 is 14.3 Å². The van der Waals surface area contributed by atoms with Crippen molar-refractivity contribution in [1.82, 2.24) is 24.8 Å². The van der Waals surface area contributed by atoms with Gasteiger partial charge in [0.15, 0.2) is 5.82 Å². The molecule has 0 atom stereocenters. The van der Waals surface area contributed by atoms with Crippen molar-refractivity contribution in [3.05, 3.63) is 35.7 Å². The molecule has 1 aromatic heterocycles. The van der Waals surface area contributed by atoms with Crippen LogP contribution in [-0.2, 0) is 6.54 Å². The summed E-state index contributed by atoms with van der Waals surface area (Å²) in [4.78, 5) is 22.2. The highest BCUT2D eigenvalue weighted by molar-refractivity contribution is 5.73. The lowest BCUT2D eigenvalue weighted by molar-refractivity contribution is 0.118. The minimum atomic E-state index is 0.0657. The Kier molecular flexibility index (Phi) is 4.80. The van der Waals surface area contributed by atoms with Crippen molar-refractivity contribution in [2.75, 3.05) is 40.3 Å². The predicted molar refractivity (Wildman–Crippen MR) is 90.4 cm³/mol. The minimum Gasteiger partial charge on any atom is -0.334 e. The standard InChI is InChI=1S/C17H23N5O2/c1-13-5-4-6-14(11-13)16-18-15(19-24-16)12-21-7-9-22(10-8-21)17(23)20(2)3/h4-6,11H,7-10,12H2,1-3H3. The first-order chi connectivity index (χ1) is 11.5. The smallest absolute Gasteiger partial charge is 0.319 e. The van der Waals surface area contributed by atoms with Crippen LogP contribution in [-0.4, -0.2) is 71.1 Å². The van der Waals surface area contributed by atoms with E-state index in [9.17, 15) is 4.79 Å². The summed E-state index contributed by atoms with van der Waals surface area (Å²) in [6.45, 7) is 5.75. The first-order valence-corrected chi connectivity index (χ1v) is 8.11. The van der Waals surface area contributed by atoms with Gasteiger partial charge in [0.1, 0.15) is 0 Å². The van der Waals surface area contributed by atoms with Gasteiger partial charge in [-0.05, 0) is 19.1 Å². The van der Waals surface area contributed by atoms with Crippen molar-refractivity contribution in [2.45, 2.75) is 13.5 Å². The Bertz CT molecular complexity index is 705. The lowest BCUT2D eigenvalue weighted by atomic mass is 10.1. The quantitative estimate of drug-likeness (QED) is 0.860. The Morgan fingerprint density at radius 3 is 2.67 bits per heavy atom. The number of urea groups is 1. The molecule has 24 heavy (non-hydrogen) atoms. The third-order valence-corrected chi connectivity index (χ3v) is 4.12. The number of aryl methyl sites for hydroxylation is 1. The minimum absolute atomic E-state index is 0.0657. The molecule has 0 unspecified atom stereocenters. The Morgan fingerprint density at radius 1 is 1.25 bits per heavy atom. The second-order valence-corrected chi connectivity index (χ2v) is 6.33. The van der Waals surface area contributed by atoms with Crippen LogP contribution in [0.1, 0.15) is 11.4 Å². The number of benzene rings is 1. The molecule has 1 aliphatic rings. The molecular formula is C17H23N5O2. The van der Waals surface area contributed by atoms with Crippen LogP contribution in [0.3, 0.4) is 0 Å². The van der Waals surface area contributed by atoms with Gasteiger partial charge in [-0.3, -0.25) is 4.90 Å². The van der Waals surface area contributed by atoms with Gasteiger partial charge in [0.25, 0.3) is 5.89 Å². The molecule has 1 aromatic carbocycles. The Labute approximate surface area is 141 Å². The van der Waals surface area contributed by atoms with Crippen molar-refractivity contribution >= 4 is 6.03 Å². The monoisotopic (exact) mass is 329 g/mol. The van der Waals surface area contributed by atoms with E-state index in [1.54, 1.807) is 19.0 Å². The first kappa shape index (κ1) is 16.4. The summed E-state index contributed by atoms with van der Waals surface area (Å²) < 4.78 is 5.38. The topological polar surface area (TPSA) is 65.7 Å². The molecule has 128 valence electrons. The molecule has 2 amide bonds. The van der Waals surface area contributed by atoms with Crippen LogP contribution in [0.15, 0.2) is 28.8 Å². The van der Waals surface area contributed by atoms with Gasteiger partial charge in [0, 0.05) is 45.8 Å². The summed E-state index contributed by atoms with van der Waals surface area (Å²) >= 11 is 0. The average molecular weight is 329 g/mol. The summed E-state index contributed by atoms with van der Waals surface area (Å²) in [5.74, 6) is 1.23. The fourth-order valence-corrected chi connectivity index (χ4v) is 2.79. The van der Waals surface area contributed by atoms with Crippen LogP contribution in [0.25, 0.3) is 11.5 Å². The van der Waals surface area contributed by atoms with E-state index < -0.39 is 0 Å². The largest absolute Gasteiger partial charge is 0.334 e. The number of hydrogen-bond donors (Lipinski definition) is 0. The number of piperazine rings is 1. The molecule has 2 aromatic rings. The van der Waals surface area contributed by atoms with Gasteiger partial charge >= 0.3 is 6.03 Å². The summed E-state index contributed by atoms with van der Waals surface area (Å²) in [7, 11) is 3.56. The zero-order valence-electron chi connectivity index (χ0n) is 14.4. The van der Waals surface area contributed by atoms with E-state index in [1.165, 1.54) is 0 Å². The molecule has 0 bridgehead atoms. The van der Waals surface area contributed by atoms with Crippen LogP contribution in [0.2, 0.25) is 0 Å². The first-order valence-electron chi connectivity index (χ1n) is 8.11. The Balaban J connectivity index is 1.57. The lowest BCUT2D eigenvalue weighted by Gasteiger charge is -2.35. The fraction of sp³-hybridized carbons (Fsp3) is 0.471. The van der Waals surface area contributed by atoms with Crippen LogP contribution in [0, 0.1) is 6.92 Å². The SMILES string of the molecule is Cc1cccc(-c2nc(CN3CCN(C(=O)N(C)C)CC3)no2)c1. The molecule has 1 saturated heterocycles. The van der Waals surface area contributed by atoms with Gasteiger partial charge in [-0.2, -0.15) is 4.98 Å². The maximum Gasteiger partial charge on any atom is 0.319 e. The maximum absolute atomic E-state index is 11.9. The molecule has 7 heteroatoms. The van der Waals surface area contributed by atoms with Gasteiger partial charge in [-0.15, -0.1) is 0 Å². The van der Waals surface area contributed by atoms with Crippen molar-refractivity contribution < 1.29 is 9.32 Å². The average Bonchev–Trinajstić information content (AvgIpc) is 3.03. The third kappa shape index (κ3) is 3.73. The molecule has 2 heterocycles. The normalized spacial score (nSPS) is 15.5. The molecule has 0 aliphatic carbocycles. The van der Waals surface area contributed by atoms with E-state index in [4.69, 9.17) is 4.52 Å². The second-order valence-electron chi connectivity index (χ2n) is 6.33. The summed E-state index contributed by atoms with van der Waals surface area (Å²) in [5.41, 5.74) is 2.10. The van der Waals surface area contributed by atoms with Crippen molar-refractivity contribution in [3.8, 4) is 11.5 Å². The highest BCUT2D eigenvalue weighted by atomic mass is 16.5. The van der Waals surface area contributed by atoms with E-state index in [1.807, 2.05) is 36.1 Å². The van der Waals surface area contributed by atoms with E-state index in [0.29, 0.717) is 18.3 Å². The zero-order chi connectivity index (χ0) is 17.1.